The molecule has 4 nitrogen and oxygen atoms in total. The third-order valence-corrected chi connectivity index (χ3v) is 3.64. The van der Waals surface area contributed by atoms with Gasteiger partial charge in [-0.1, -0.05) is 35.9 Å². The van der Waals surface area contributed by atoms with Crippen molar-refractivity contribution in [1.29, 1.82) is 0 Å². The Morgan fingerprint density at radius 3 is 2.57 bits per heavy atom. The predicted octanol–water partition coefficient (Wildman–Crippen LogP) is 3.19. The van der Waals surface area contributed by atoms with Crippen molar-refractivity contribution >= 4 is 29.0 Å². The minimum atomic E-state index is -0.642. The van der Waals surface area contributed by atoms with Gasteiger partial charge in [-0.2, -0.15) is 0 Å². The summed E-state index contributed by atoms with van der Waals surface area (Å²) in [6, 6.07) is 9.97. The highest BCUT2D eigenvalue weighted by Crippen LogP contribution is 2.23. The Kier molecular flexibility index (Phi) is 5.47. The van der Waals surface area contributed by atoms with E-state index < -0.39 is 17.8 Å². The summed E-state index contributed by atoms with van der Waals surface area (Å²) in [5, 5.41) is 2.66. The van der Waals surface area contributed by atoms with E-state index in [1.165, 1.54) is 24.3 Å². The molecule has 1 unspecified atom stereocenters. The zero-order valence-corrected chi connectivity index (χ0v) is 13.2. The normalized spacial score (nSPS) is 11.8. The van der Waals surface area contributed by atoms with Crippen LogP contribution < -0.4 is 11.1 Å². The summed E-state index contributed by atoms with van der Waals surface area (Å²) in [6.45, 7) is 1.58. The molecule has 0 heterocycles. The molecular formula is C17H16ClFN2O2. The van der Waals surface area contributed by atoms with Crippen LogP contribution in [0.15, 0.2) is 42.5 Å². The van der Waals surface area contributed by atoms with E-state index in [0.717, 1.165) is 0 Å². The van der Waals surface area contributed by atoms with Crippen molar-refractivity contribution in [3.8, 4) is 0 Å². The van der Waals surface area contributed by atoms with Crippen molar-refractivity contribution in [3.05, 3.63) is 64.4 Å². The second kappa shape index (κ2) is 7.35. The Bertz CT molecular complexity index is 747. The lowest BCUT2D eigenvalue weighted by Crippen LogP contribution is -2.29. The van der Waals surface area contributed by atoms with E-state index in [4.69, 9.17) is 17.3 Å². The van der Waals surface area contributed by atoms with E-state index in [1.807, 2.05) is 0 Å². The minimum absolute atomic E-state index is 0.0156. The topological polar surface area (TPSA) is 72.2 Å². The maximum absolute atomic E-state index is 13.7. The number of carbonyl (C=O) groups is 2. The smallest absolute Gasteiger partial charge is 0.257 e. The predicted molar refractivity (Wildman–Crippen MR) is 88.2 cm³/mol. The monoisotopic (exact) mass is 334 g/mol. The van der Waals surface area contributed by atoms with Gasteiger partial charge in [0.1, 0.15) is 5.82 Å². The maximum Gasteiger partial charge on any atom is 0.257 e. The molecule has 2 aromatic carbocycles. The van der Waals surface area contributed by atoms with Crippen molar-refractivity contribution in [1.82, 2.24) is 0 Å². The standard InChI is InChI=1S/C17H16ClFN2O2/c1-10(20)15(22)9-11-5-4-6-12(18)16(11)17(23)21-14-8-3-2-7-13(14)19/h2-8,10H,9,20H2,1H3,(H,21,23). The van der Waals surface area contributed by atoms with Crippen LogP contribution in [0, 0.1) is 5.82 Å². The molecule has 0 saturated heterocycles. The van der Waals surface area contributed by atoms with Crippen LogP contribution in [0.4, 0.5) is 10.1 Å². The molecule has 0 spiro atoms. The summed E-state index contributed by atoms with van der Waals surface area (Å²) in [5.74, 6) is -1.35. The highest BCUT2D eigenvalue weighted by Gasteiger charge is 2.19. The summed E-state index contributed by atoms with van der Waals surface area (Å²) in [4.78, 5) is 24.3. The van der Waals surface area contributed by atoms with Crippen LogP contribution in [0.2, 0.25) is 5.02 Å². The summed E-state index contributed by atoms with van der Waals surface area (Å²) >= 11 is 6.10. The number of ketones is 1. The molecule has 2 rings (SSSR count). The zero-order valence-electron chi connectivity index (χ0n) is 12.5. The molecule has 0 aliphatic rings. The molecule has 120 valence electrons. The molecule has 0 aromatic heterocycles. The van der Waals surface area contributed by atoms with E-state index in [9.17, 15) is 14.0 Å². The number of hydrogen-bond acceptors (Lipinski definition) is 3. The van der Waals surface area contributed by atoms with Gasteiger partial charge in [0.05, 0.1) is 22.3 Å². The van der Waals surface area contributed by atoms with Crippen molar-refractivity contribution < 1.29 is 14.0 Å². The molecule has 6 heteroatoms. The Morgan fingerprint density at radius 2 is 1.91 bits per heavy atom. The molecule has 0 radical (unpaired) electrons. The van der Waals surface area contributed by atoms with Gasteiger partial charge < -0.3 is 11.1 Å². The van der Waals surface area contributed by atoms with Crippen molar-refractivity contribution in [3.63, 3.8) is 0 Å². The number of benzene rings is 2. The number of para-hydroxylation sites is 1. The van der Waals surface area contributed by atoms with E-state index in [-0.39, 0.29) is 28.5 Å². The highest BCUT2D eigenvalue weighted by atomic mass is 35.5. The first kappa shape index (κ1) is 17.1. The number of carbonyl (C=O) groups excluding carboxylic acids is 2. The minimum Gasteiger partial charge on any atom is -0.322 e. The molecule has 0 saturated carbocycles. The average Bonchev–Trinajstić information content (AvgIpc) is 2.49. The van der Waals surface area contributed by atoms with Crippen molar-refractivity contribution in [2.75, 3.05) is 5.32 Å². The average molecular weight is 335 g/mol. The molecule has 3 N–H and O–H groups in total. The quantitative estimate of drug-likeness (QED) is 0.882. The van der Waals surface area contributed by atoms with E-state index in [1.54, 1.807) is 25.1 Å². The number of hydrogen-bond donors (Lipinski definition) is 2. The Labute approximate surface area is 138 Å². The lowest BCUT2D eigenvalue weighted by atomic mass is 9.99. The van der Waals surface area contributed by atoms with Crippen molar-refractivity contribution in [2.45, 2.75) is 19.4 Å². The molecule has 2 aromatic rings. The fraction of sp³-hybridized carbons (Fsp3) is 0.176. The van der Waals surface area contributed by atoms with Crippen LogP contribution in [-0.2, 0) is 11.2 Å². The largest absolute Gasteiger partial charge is 0.322 e. The molecular weight excluding hydrogens is 319 g/mol. The first-order valence-corrected chi connectivity index (χ1v) is 7.39. The third-order valence-electron chi connectivity index (χ3n) is 3.32. The van der Waals surface area contributed by atoms with Gasteiger partial charge in [0, 0.05) is 6.42 Å². The summed E-state index contributed by atoms with van der Waals surface area (Å²) in [6.07, 6.45) is -0.0156. The van der Waals surface area contributed by atoms with Gasteiger partial charge in [-0.05, 0) is 30.7 Å². The highest BCUT2D eigenvalue weighted by molar-refractivity contribution is 6.34. The summed E-state index contributed by atoms with van der Waals surface area (Å²) in [5.41, 5.74) is 6.20. The fourth-order valence-corrected chi connectivity index (χ4v) is 2.35. The van der Waals surface area contributed by atoms with Crippen molar-refractivity contribution in [2.24, 2.45) is 5.73 Å². The van der Waals surface area contributed by atoms with Crippen LogP contribution in [0.3, 0.4) is 0 Å². The van der Waals surface area contributed by atoms with Crippen LogP contribution >= 0.6 is 11.6 Å². The summed E-state index contributed by atoms with van der Waals surface area (Å²) in [7, 11) is 0. The van der Waals surface area contributed by atoms with Crippen LogP contribution in [0.5, 0.6) is 0 Å². The molecule has 1 amide bonds. The third kappa shape index (κ3) is 4.15. The maximum atomic E-state index is 13.7. The van der Waals surface area contributed by atoms with Gasteiger partial charge in [0.25, 0.3) is 5.91 Å². The molecule has 1 atom stereocenters. The first-order valence-electron chi connectivity index (χ1n) is 7.01. The van der Waals surface area contributed by atoms with Gasteiger partial charge in [0.15, 0.2) is 5.78 Å². The fourth-order valence-electron chi connectivity index (χ4n) is 2.07. The second-order valence-electron chi connectivity index (χ2n) is 5.14. The van der Waals surface area contributed by atoms with Gasteiger partial charge in [-0.3, -0.25) is 9.59 Å². The number of rotatable bonds is 5. The second-order valence-corrected chi connectivity index (χ2v) is 5.55. The number of anilines is 1. The number of amides is 1. The zero-order chi connectivity index (χ0) is 17.0. The van der Waals surface area contributed by atoms with Crippen LogP contribution in [0.1, 0.15) is 22.8 Å². The molecule has 0 bridgehead atoms. The summed E-state index contributed by atoms with van der Waals surface area (Å²) < 4.78 is 13.7. The number of halogens is 2. The van der Waals surface area contributed by atoms with Gasteiger partial charge in [0.2, 0.25) is 0 Å². The van der Waals surface area contributed by atoms with E-state index >= 15 is 0 Å². The Balaban J connectivity index is 2.32. The van der Waals surface area contributed by atoms with E-state index in [0.29, 0.717) is 5.56 Å². The van der Waals surface area contributed by atoms with Gasteiger partial charge >= 0.3 is 0 Å². The SMILES string of the molecule is CC(N)C(=O)Cc1cccc(Cl)c1C(=O)Nc1ccccc1F. The first-order chi connectivity index (χ1) is 10.9. The van der Waals surface area contributed by atoms with Gasteiger partial charge in [-0.15, -0.1) is 0 Å². The van der Waals surface area contributed by atoms with Gasteiger partial charge in [-0.25, -0.2) is 4.39 Å². The lowest BCUT2D eigenvalue weighted by Gasteiger charge is -2.13. The molecule has 0 aliphatic carbocycles. The lowest BCUT2D eigenvalue weighted by molar-refractivity contribution is -0.119. The number of nitrogens with two attached hydrogens (primary N) is 1. The Morgan fingerprint density at radius 1 is 1.22 bits per heavy atom. The number of nitrogens with one attached hydrogen (secondary N) is 1. The Hall–Kier alpha value is -2.24. The molecule has 23 heavy (non-hydrogen) atoms. The van der Waals surface area contributed by atoms with E-state index in [2.05, 4.69) is 5.32 Å². The number of Topliss-reactive ketones (excluding diaryl/α,β-unsaturated/α-hetero) is 1. The molecule has 0 fully saturated rings. The molecule has 0 aliphatic heterocycles. The van der Waals surface area contributed by atoms with Crippen LogP contribution in [0.25, 0.3) is 0 Å². The van der Waals surface area contributed by atoms with Crippen LogP contribution in [-0.4, -0.2) is 17.7 Å².